The van der Waals surface area contributed by atoms with Crippen LogP contribution >= 0.6 is 11.3 Å². The van der Waals surface area contributed by atoms with Gasteiger partial charge in [-0.25, -0.2) is 8.42 Å². The predicted molar refractivity (Wildman–Crippen MR) is 105 cm³/mol. The van der Waals surface area contributed by atoms with Gasteiger partial charge in [-0.3, -0.25) is 14.9 Å². The summed E-state index contributed by atoms with van der Waals surface area (Å²) in [6.45, 7) is 3.67. The van der Waals surface area contributed by atoms with E-state index in [0.717, 1.165) is 10.5 Å². The van der Waals surface area contributed by atoms with Crippen molar-refractivity contribution in [2.45, 2.75) is 11.1 Å². The molecule has 0 unspecified atom stereocenters. The maximum absolute atomic E-state index is 12.5. The first kappa shape index (κ1) is 20.4. The number of hydrogen-bond acceptors (Lipinski definition) is 6. The van der Waals surface area contributed by atoms with E-state index in [1.54, 1.807) is 30.5 Å². The van der Waals surface area contributed by atoms with Crippen molar-refractivity contribution in [2.24, 2.45) is 0 Å². The highest BCUT2D eigenvalue weighted by molar-refractivity contribution is 7.91. The average molecular weight is 426 g/mol. The van der Waals surface area contributed by atoms with E-state index >= 15 is 0 Å². The molecule has 2 N–H and O–H groups in total. The first-order valence-corrected chi connectivity index (χ1v) is 11.0. The van der Waals surface area contributed by atoms with Crippen LogP contribution in [-0.4, -0.2) is 56.3 Å². The fraction of sp³-hybridized carbons (Fsp3) is 0.353. The van der Waals surface area contributed by atoms with Gasteiger partial charge in [0.2, 0.25) is 0 Å². The van der Waals surface area contributed by atoms with Crippen LogP contribution in [0.5, 0.6) is 0 Å². The number of nitrogens with zero attached hydrogens (tertiary/aromatic N) is 2. The van der Waals surface area contributed by atoms with Crippen molar-refractivity contribution >= 4 is 38.6 Å². The summed E-state index contributed by atoms with van der Waals surface area (Å²) < 4.78 is 26.8. The lowest BCUT2D eigenvalue weighted by atomic mass is 10.2. The third-order valence-corrected chi connectivity index (χ3v) is 7.91. The quantitative estimate of drug-likeness (QED) is 0.517. The van der Waals surface area contributed by atoms with Gasteiger partial charge in [0, 0.05) is 12.1 Å². The van der Waals surface area contributed by atoms with Crippen molar-refractivity contribution in [1.29, 1.82) is 0 Å². The molecule has 1 saturated heterocycles. The number of aryl methyl sites for hydroxylation is 1. The summed E-state index contributed by atoms with van der Waals surface area (Å²) >= 11 is 1.19. The van der Waals surface area contributed by atoms with Crippen molar-refractivity contribution in [3.63, 3.8) is 0 Å². The van der Waals surface area contributed by atoms with Gasteiger partial charge in [-0.15, -0.1) is 11.3 Å². The number of quaternary nitrogens is 1. The number of anilines is 1. The fourth-order valence-electron chi connectivity index (χ4n) is 3.04. The van der Waals surface area contributed by atoms with E-state index in [4.69, 9.17) is 0 Å². The van der Waals surface area contributed by atoms with Crippen LogP contribution in [0.2, 0.25) is 0 Å². The minimum atomic E-state index is -3.46. The Balaban J connectivity index is 1.56. The average Bonchev–Trinajstić information content (AvgIpc) is 3.19. The number of rotatable bonds is 6. The molecule has 0 atom stereocenters. The molecule has 0 radical (unpaired) electrons. The Labute approximate surface area is 166 Å². The third-order valence-electron chi connectivity index (χ3n) is 4.64. The number of hydrogen-bond donors (Lipinski definition) is 2. The smallest absolute Gasteiger partial charge is 0.279 e. The lowest BCUT2D eigenvalue weighted by molar-refractivity contribution is -0.895. The van der Waals surface area contributed by atoms with Gasteiger partial charge in [0.15, 0.2) is 6.54 Å². The molecular formula is C17H21N4O5S2+. The highest BCUT2D eigenvalue weighted by atomic mass is 32.2. The van der Waals surface area contributed by atoms with Crippen LogP contribution < -0.4 is 10.2 Å². The van der Waals surface area contributed by atoms with Crippen LogP contribution in [0.4, 0.5) is 11.4 Å². The topological polar surface area (TPSA) is 114 Å². The predicted octanol–water partition coefficient (Wildman–Crippen LogP) is 0.493. The third kappa shape index (κ3) is 4.55. The molecule has 1 aliphatic rings. The summed E-state index contributed by atoms with van der Waals surface area (Å²) in [4.78, 5) is 23.7. The largest absolute Gasteiger partial charge is 0.325 e. The van der Waals surface area contributed by atoms with Gasteiger partial charge in [-0.2, -0.15) is 4.31 Å². The Morgan fingerprint density at radius 1 is 1.32 bits per heavy atom. The summed E-state index contributed by atoms with van der Waals surface area (Å²) in [6.07, 6.45) is 0. The Kier molecular flexibility index (Phi) is 6.08. The second kappa shape index (κ2) is 8.35. The minimum Gasteiger partial charge on any atom is -0.325 e. The van der Waals surface area contributed by atoms with E-state index in [1.807, 2.05) is 0 Å². The first-order chi connectivity index (χ1) is 13.3. The molecule has 9 nitrogen and oxygen atoms in total. The van der Waals surface area contributed by atoms with Gasteiger partial charge in [0.25, 0.3) is 21.6 Å². The normalized spacial score (nSPS) is 16.0. The molecule has 28 heavy (non-hydrogen) atoms. The van der Waals surface area contributed by atoms with E-state index in [-0.39, 0.29) is 18.1 Å². The molecule has 0 spiro atoms. The van der Waals surface area contributed by atoms with E-state index in [0.29, 0.717) is 36.1 Å². The highest BCUT2D eigenvalue weighted by Gasteiger charge is 2.31. The molecule has 1 aromatic heterocycles. The van der Waals surface area contributed by atoms with Gasteiger partial charge in [0.05, 0.1) is 36.8 Å². The Morgan fingerprint density at radius 2 is 2.04 bits per heavy atom. The number of thiophene rings is 1. The van der Waals surface area contributed by atoms with Crippen LogP contribution in [0.1, 0.15) is 5.56 Å². The van der Waals surface area contributed by atoms with Crippen LogP contribution in [0.15, 0.2) is 39.9 Å². The second-order valence-electron chi connectivity index (χ2n) is 6.57. The maximum Gasteiger partial charge on any atom is 0.279 e. The Morgan fingerprint density at radius 3 is 2.64 bits per heavy atom. The molecule has 2 aromatic rings. The summed E-state index contributed by atoms with van der Waals surface area (Å²) in [5.41, 5.74) is 1.07. The van der Waals surface area contributed by atoms with Gasteiger partial charge >= 0.3 is 0 Å². The number of nitro benzene ring substituents is 1. The lowest BCUT2D eigenvalue weighted by Gasteiger charge is -2.30. The number of nitrogens with one attached hydrogen (secondary N) is 2. The Bertz CT molecular complexity index is 967. The number of sulfonamides is 1. The van der Waals surface area contributed by atoms with Gasteiger partial charge in [0.1, 0.15) is 4.21 Å². The van der Waals surface area contributed by atoms with E-state index in [9.17, 15) is 23.3 Å². The van der Waals surface area contributed by atoms with Crippen molar-refractivity contribution in [3.8, 4) is 0 Å². The number of carbonyl (C=O) groups is 1. The first-order valence-electron chi connectivity index (χ1n) is 8.69. The van der Waals surface area contributed by atoms with Crippen LogP contribution in [0, 0.1) is 17.0 Å². The van der Waals surface area contributed by atoms with Crippen LogP contribution in [-0.2, 0) is 14.8 Å². The molecule has 3 rings (SSSR count). The lowest BCUT2D eigenvalue weighted by Crippen LogP contribution is -3.15. The standard InChI is InChI=1S/C17H20N4O5S2/c1-13-4-5-14(21(23)24)11-15(13)18-16(22)12-19-6-8-20(9-7-19)28(25,26)17-3-2-10-27-17/h2-5,10-11H,6-9,12H2,1H3,(H,18,22)/p+1. The zero-order chi connectivity index (χ0) is 20.3. The number of carbonyl (C=O) groups excluding carboxylic acids is 1. The number of non-ortho nitro benzene ring substituents is 1. The van der Waals surface area contributed by atoms with Crippen molar-refractivity contribution in [3.05, 3.63) is 51.4 Å². The zero-order valence-corrected chi connectivity index (χ0v) is 16.9. The molecule has 11 heteroatoms. The highest BCUT2D eigenvalue weighted by Crippen LogP contribution is 2.22. The van der Waals surface area contributed by atoms with Crippen molar-refractivity contribution in [1.82, 2.24) is 4.31 Å². The summed E-state index contributed by atoms with van der Waals surface area (Å²) in [5, 5.41) is 15.4. The van der Waals surface area contributed by atoms with Crippen LogP contribution in [0.25, 0.3) is 0 Å². The molecule has 1 aliphatic heterocycles. The minimum absolute atomic E-state index is 0.0827. The monoisotopic (exact) mass is 425 g/mol. The summed E-state index contributed by atoms with van der Waals surface area (Å²) in [5.74, 6) is -0.256. The molecule has 1 aromatic carbocycles. The molecule has 1 amide bonds. The van der Waals surface area contributed by atoms with Gasteiger partial charge in [-0.1, -0.05) is 12.1 Å². The fourth-order valence-corrected chi connectivity index (χ4v) is 5.62. The Hall–Kier alpha value is -2.34. The number of amides is 1. The summed E-state index contributed by atoms with van der Waals surface area (Å²) in [6, 6.07) is 7.62. The van der Waals surface area contributed by atoms with Crippen molar-refractivity contribution < 1.29 is 23.0 Å². The number of piperazine rings is 1. The molecule has 1 fully saturated rings. The van der Waals surface area contributed by atoms with E-state index < -0.39 is 14.9 Å². The van der Waals surface area contributed by atoms with Gasteiger partial charge < -0.3 is 10.2 Å². The maximum atomic E-state index is 12.5. The molecule has 0 aliphatic carbocycles. The molecule has 0 bridgehead atoms. The van der Waals surface area contributed by atoms with Crippen molar-refractivity contribution in [2.75, 3.05) is 38.0 Å². The SMILES string of the molecule is Cc1ccc([N+](=O)[O-])cc1NC(=O)C[NH+]1CCN(S(=O)(=O)c2cccs2)CC1. The number of benzene rings is 1. The molecule has 2 heterocycles. The molecule has 150 valence electrons. The molecular weight excluding hydrogens is 404 g/mol. The zero-order valence-electron chi connectivity index (χ0n) is 15.3. The van der Waals surface area contributed by atoms with E-state index in [1.165, 1.54) is 27.8 Å². The van der Waals surface area contributed by atoms with Crippen LogP contribution in [0.3, 0.4) is 0 Å². The second-order valence-corrected chi connectivity index (χ2v) is 9.68. The van der Waals surface area contributed by atoms with Gasteiger partial charge in [-0.05, 0) is 23.9 Å². The molecule has 0 saturated carbocycles. The van der Waals surface area contributed by atoms with E-state index in [2.05, 4.69) is 5.32 Å². The number of nitro groups is 1. The summed E-state index contributed by atoms with van der Waals surface area (Å²) in [7, 11) is -3.46.